The maximum Gasteiger partial charge on any atom is 0.420 e. The van der Waals surface area contributed by atoms with Gasteiger partial charge < -0.3 is 4.74 Å². The monoisotopic (exact) mass is 349 g/mol. The van der Waals surface area contributed by atoms with Gasteiger partial charge >= 0.3 is 6.18 Å². The lowest BCUT2D eigenvalue weighted by Gasteiger charge is -2.13. The minimum absolute atomic E-state index is 0.230. The number of ether oxygens (including phenoxy) is 1. The Morgan fingerprint density at radius 2 is 2.04 bits per heavy atom. The Morgan fingerprint density at radius 3 is 2.64 bits per heavy atom. The summed E-state index contributed by atoms with van der Waals surface area (Å²) in [4.78, 5) is 0. The summed E-state index contributed by atoms with van der Waals surface area (Å²) in [6, 6.07) is 5.62. The predicted octanol–water partition coefficient (Wildman–Crippen LogP) is 3.03. The number of nitrogens with zero attached hydrogens (tertiary/aromatic N) is 5. The molecule has 130 valence electrons. The first kappa shape index (κ1) is 15.7. The number of methoxy groups -OCH3 is 1. The molecule has 0 amide bonds. The van der Waals surface area contributed by atoms with Crippen molar-refractivity contribution in [2.45, 2.75) is 24.6 Å². The average Bonchev–Trinajstić information content (AvgIpc) is 3.04. The molecule has 6 nitrogen and oxygen atoms in total. The van der Waals surface area contributed by atoms with Crippen molar-refractivity contribution in [1.82, 2.24) is 24.8 Å². The van der Waals surface area contributed by atoms with E-state index in [2.05, 4.69) is 15.4 Å². The molecule has 0 atom stereocenters. The molecule has 0 aliphatic heterocycles. The second-order valence-corrected chi connectivity index (χ2v) is 5.91. The highest BCUT2D eigenvalue weighted by atomic mass is 19.4. The summed E-state index contributed by atoms with van der Waals surface area (Å²) < 4.78 is 47.5. The Kier molecular flexibility index (Phi) is 3.34. The molecule has 1 fully saturated rings. The zero-order valence-corrected chi connectivity index (χ0v) is 13.2. The molecule has 1 saturated carbocycles. The molecule has 25 heavy (non-hydrogen) atoms. The smallest absolute Gasteiger partial charge is 0.420 e. The fourth-order valence-corrected chi connectivity index (χ4v) is 2.91. The maximum absolute atomic E-state index is 13.2. The van der Waals surface area contributed by atoms with Crippen molar-refractivity contribution in [2.24, 2.45) is 0 Å². The van der Waals surface area contributed by atoms with Crippen LogP contribution in [0.5, 0.6) is 5.75 Å². The largest absolute Gasteiger partial charge is 0.496 e. The van der Waals surface area contributed by atoms with Crippen molar-refractivity contribution in [1.29, 1.82) is 0 Å². The second-order valence-electron chi connectivity index (χ2n) is 5.91. The van der Waals surface area contributed by atoms with E-state index in [-0.39, 0.29) is 17.0 Å². The summed E-state index contributed by atoms with van der Waals surface area (Å²) in [6.45, 7) is 0. The molecule has 3 aromatic rings. The SMILES string of the molecule is COc1ccc(-n2cc(C3(n4cccn4)CC3)nn2)cc1C(F)(F)F. The van der Waals surface area contributed by atoms with Gasteiger partial charge in [-0.05, 0) is 37.1 Å². The molecular weight excluding hydrogens is 335 g/mol. The van der Waals surface area contributed by atoms with Crippen LogP contribution in [0.1, 0.15) is 24.1 Å². The summed E-state index contributed by atoms with van der Waals surface area (Å²) in [7, 11) is 1.21. The van der Waals surface area contributed by atoms with Gasteiger partial charge in [-0.15, -0.1) is 5.10 Å². The number of hydrogen-bond donors (Lipinski definition) is 0. The molecule has 2 heterocycles. The lowest BCUT2D eigenvalue weighted by Crippen LogP contribution is -2.19. The van der Waals surface area contributed by atoms with E-state index in [4.69, 9.17) is 4.74 Å². The molecule has 0 N–H and O–H groups in total. The number of halogens is 3. The van der Waals surface area contributed by atoms with E-state index < -0.39 is 11.7 Å². The molecule has 9 heteroatoms. The lowest BCUT2D eigenvalue weighted by atomic mass is 10.1. The molecule has 0 unspecified atom stereocenters. The number of alkyl halides is 3. The van der Waals surface area contributed by atoms with Crippen LogP contribution in [0.25, 0.3) is 5.69 Å². The van der Waals surface area contributed by atoms with Gasteiger partial charge in [-0.2, -0.15) is 18.3 Å². The average molecular weight is 349 g/mol. The molecule has 2 aromatic heterocycles. The number of rotatable bonds is 4. The molecule has 0 bridgehead atoms. The van der Waals surface area contributed by atoms with Gasteiger partial charge in [-0.25, -0.2) is 4.68 Å². The van der Waals surface area contributed by atoms with Crippen molar-refractivity contribution in [3.63, 3.8) is 0 Å². The van der Waals surface area contributed by atoms with Crippen LogP contribution in [-0.2, 0) is 11.7 Å². The second kappa shape index (κ2) is 5.33. The highest BCUT2D eigenvalue weighted by Crippen LogP contribution is 2.48. The zero-order valence-electron chi connectivity index (χ0n) is 13.2. The van der Waals surface area contributed by atoms with E-state index in [1.54, 1.807) is 12.4 Å². The normalized spacial score (nSPS) is 16.0. The Hall–Kier alpha value is -2.84. The third-order valence-corrected chi connectivity index (χ3v) is 4.39. The standard InChI is InChI=1S/C16H14F3N5O/c1-25-13-4-3-11(9-12(13)16(17,18)19)23-10-14(21-22-23)15(5-6-15)24-8-2-7-20-24/h2-4,7-10H,5-6H2,1H3. The fourth-order valence-electron chi connectivity index (χ4n) is 2.91. The first-order chi connectivity index (χ1) is 11.9. The first-order valence-electron chi connectivity index (χ1n) is 7.63. The van der Waals surface area contributed by atoms with Gasteiger partial charge in [0.2, 0.25) is 0 Å². The lowest BCUT2D eigenvalue weighted by molar-refractivity contribution is -0.138. The zero-order chi connectivity index (χ0) is 17.7. The van der Waals surface area contributed by atoms with Crippen molar-refractivity contribution in [3.8, 4) is 11.4 Å². The van der Waals surface area contributed by atoms with E-state index in [1.807, 2.05) is 16.9 Å². The Bertz CT molecular complexity index is 897. The number of benzene rings is 1. The molecule has 0 radical (unpaired) electrons. The Labute approximate surface area is 140 Å². The van der Waals surface area contributed by atoms with Crippen molar-refractivity contribution < 1.29 is 17.9 Å². The highest BCUT2D eigenvalue weighted by molar-refractivity contribution is 5.45. The van der Waals surface area contributed by atoms with Gasteiger partial charge in [-0.3, -0.25) is 4.68 Å². The summed E-state index contributed by atoms with van der Waals surface area (Å²) in [5, 5.41) is 12.4. The van der Waals surface area contributed by atoms with Gasteiger partial charge in [-0.1, -0.05) is 5.21 Å². The third-order valence-electron chi connectivity index (χ3n) is 4.39. The summed E-state index contributed by atoms with van der Waals surface area (Å²) in [5.41, 5.74) is -0.248. The van der Waals surface area contributed by atoms with Crippen LogP contribution in [0.2, 0.25) is 0 Å². The molecule has 0 spiro atoms. The van der Waals surface area contributed by atoms with E-state index in [1.165, 1.54) is 23.9 Å². The van der Waals surface area contributed by atoms with Crippen LogP contribution in [0, 0.1) is 0 Å². The van der Waals surface area contributed by atoms with Gasteiger partial charge in [0, 0.05) is 12.4 Å². The molecular formula is C16H14F3N5O. The van der Waals surface area contributed by atoms with Gasteiger partial charge in [0.15, 0.2) is 0 Å². The molecule has 1 aromatic carbocycles. The van der Waals surface area contributed by atoms with Crippen LogP contribution in [0.4, 0.5) is 13.2 Å². The van der Waals surface area contributed by atoms with E-state index >= 15 is 0 Å². The molecule has 1 aliphatic rings. The van der Waals surface area contributed by atoms with Crippen molar-refractivity contribution >= 4 is 0 Å². The number of hydrogen-bond acceptors (Lipinski definition) is 4. The minimum atomic E-state index is -4.52. The van der Waals surface area contributed by atoms with Gasteiger partial charge in [0.1, 0.15) is 17.0 Å². The minimum Gasteiger partial charge on any atom is -0.496 e. The van der Waals surface area contributed by atoms with E-state index in [0.717, 1.165) is 18.9 Å². The highest BCUT2D eigenvalue weighted by Gasteiger charge is 2.49. The fraction of sp³-hybridized carbons (Fsp3) is 0.312. The van der Waals surface area contributed by atoms with Crippen LogP contribution >= 0.6 is 0 Å². The van der Waals surface area contributed by atoms with Crippen LogP contribution in [0.15, 0.2) is 42.9 Å². The third kappa shape index (κ3) is 2.55. The van der Waals surface area contributed by atoms with Crippen molar-refractivity contribution in [2.75, 3.05) is 7.11 Å². The van der Waals surface area contributed by atoms with Gasteiger partial charge in [0.25, 0.3) is 0 Å². The maximum atomic E-state index is 13.2. The molecule has 0 saturated heterocycles. The molecule has 4 rings (SSSR count). The van der Waals surface area contributed by atoms with Crippen LogP contribution in [-0.4, -0.2) is 31.9 Å². The Morgan fingerprint density at radius 1 is 1.24 bits per heavy atom. The quantitative estimate of drug-likeness (QED) is 0.726. The van der Waals surface area contributed by atoms with Crippen LogP contribution in [0.3, 0.4) is 0 Å². The first-order valence-corrected chi connectivity index (χ1v) is 7.63. The topological polar surface area (TPSA) is 57.8 Å². The van der Waals surface area contributed by atoms with Crippen LogP contribution < -0.4 is 4.74 Å². The molecule has 1 aliphatic carbocycles. The summed E-state index contributed by atoms with van der Waals surface area (Å²) >= 11 is 0. The van der Waals surface area contributed by atoms with E-state index in [9.17, 15) is 13.2 Å². The predicted molar refractivity (Wildman–Crippen MR) is 81.5 cm³/mol. The summed E-state index contributed by atoms with van der Waals surface area (Å²) in [6.07, 6.45) is 2.40. The van der Waals surface area contributed by atoms with Gasteiger partial charge in [0.05, 0.1) is 24.6 Å². The van der Waals surface area contributed by atoms with Crippen molar-refractivity contribution in [3.05, 3.63) is 54.1 Å². The Balaban J connectivity index is 1.72. The van der Waals surface area contributed by atoms with E-state index in [0.29, 0.717) is 5.69 Å². The number of aromatic nitrogens is 5. The summed E-state index contributed by atoms with van der Waals surface area (Å²) in [5.74, 6) is -0.230.